The van der Waals surface area contributed by atoms with Crippen LogP contribution in [0.2, 0.25) is 5.02 Å². The Hall–Kier alpha value is -3.71. The maximum absolute atomic E-state index is 13.4. The summed E-state index contributed by atoms with van der Waals surface area (Å²) in [6.45, 7) is 2.77. The first kappa shape index (κ1) is 25.9. The molecule has 194 valence electrons. The first-order valence-corrected chi connectivity index (χ1v) is 13.4. The third-order valence-electron chi connectivity index (χ3n) is 5.98. The molecule has 0 spiro atoms. The highest BCUT2D eigenvalue weighted by Gasteiger charge is 2.23. The van der Waals surface area contributed by atoms with Crippen LogP contribution in [0.25, 0.3) is 10.2 Å². The van der Waals surface area contributed by atoms with Crippen LogP contribution in [-0.2, 0) is 11.4 Å². The molecule has 0 aliphatic carbocycles. The molecule has 5 rings (SSSR count). The highest BCUT2D eigenvalue weighted by atomic mass is 35.5. The zero-order valence-electron chi connectivity index (χ0n) is 20.6. The lowest BCUT2D eigenvalue weighted by molar-refractivity contribution is -0.121. The number of fused-ring (bicyclic) bond motifs is 1. The van der Waals surface area contributed by atoms with Gasteiger partial charge in [0.1, 0.15) is 24.5 Å². The topological polar surface area (TPSA) is 88.2 Å². The molecule has 0 saturated carbocycles. The summed E-state index contributed by atoms with van der Waals surface area (Å²) >= 11 is 7.96. The molecule has 2 aromatic heterocycles. The van der Waals surface area contributed by atoms with Crippen molar-refractivity contribution in [1.29, 1.82) is 0 Å². The van der Waals surface area contributed by atoms with E-state index in [0.717, 1.165) is 32.8 Å². The van der Waals surface area contributed by atoms with Gasteiger partial charge in [-0.05, 0) is 48.4 Å². The molecular formula is C28H25ClFN5O2S. The molecule has 7 nitrogen and oxygen atoms in total. The van der Waals surface area contributed by atoms with Crippen LogP contribution in [0.15, 0.2) is 54.9 Å². The maximum Gasteiger partial charge on any atom is 0.219 e. The van der Waals surface area contributed by atoms with Gasteiger partial charge in [-0.1, -0.05) is 42.5 Å². The predicted molar refractivity (Wildman–Crippen MR) is 148 cm³/mol. The summed E-state index contributed by atoms with van der Waals surface area (Å²) in [5.74, 6) is 7.41. The first-order chi connectivity index (χ1) is 18.5. The van der Waals surface area contributed by atoms with Crippen LogP contribution >= 0.6 is 22.9 Å². The van der Waals surface area contributed by atoms with E-state index in [2.05, 4.69) is 37.8 Å². The molecule has 0 unspecified atom stereocenters. The van der Waals surface area contributed by atoms with Gasteiger partial charge >= 0.3 is 0 Å². The number of carbonyl (C=O) groups excluding carboxylic acids is 1. The Morgan fingerprint density at radius 1 is 1.26 bits per heavy atom. The summed E-state index contributed by atoms with van der Waals surface area (Å²) in [5.41, 5.74) is 2.25. The van der Waals surface area contributed by atoms with Gasteiger partial charge in [0.25, 0.3) is 0 Å². The molecule has 1 amide bonds. The number of thiophene rings is 1. The van der Waals surface area contributed by atoms with Crippen LogP contribution < -0.4 is 20.7 Å². The van der Waals surface area contributed by atoms with Gasteiger partial charge in [-0.2, -0.15) is 0 Å². The van der Waals surface area contributed by atoms with E-state index in [4.69, 9.17) is 16.3 Å². The SMILES string of the molecule is CCC(=O)N[C@H]1CN[C@@H](C#Cc2cc3ncnc(Nc4ccc(OCc5cccc(F)c5)c(Cl)c4)c3s2)C1. The average Bonchev–Trinajstić information content (AvgIpc) is 3.54. The first-order valence-electron chi connectivity index (χ1n) is 12.2. The van der Waals surface area contributed by atoms with Crippen molar-refractivity contribution in [2.45, 2.75) is 38.5 Å². The number of ether oxygens (including phenoxy) is 1. The predicted octanol–water partition coefficient (Wildman–Crippen LogP) is 5.41. The van der Waals surface area contributed by atoms with E-state index in [9.17, 15) is 9.18 Å². The Bertz CT molecular complexity index is 1530. The molecule has 3 heterocycles. The van der Waals surface area contributed by atoms with Gasteiger partial charge in [0.2, 0.25) is 5.91 Å². The van der Waals surface area contributed by atoms with Crippen molar-refractivity contribution in [3.63, 3.8) is 0 Å². The maximum atomic E-state index is 13.4. The second kappa shape index (κ2) is 11.8. The van der Waals surface area contributed by atoms with Gasteiger partial charge in [-0.25, -0.2) is 14.4 Å². The number of nitrogens with one attached hydrogen (secondary N) is 3. The number of benzene rings is 2. The van der Waals surface area contributed by atoms with E-state index in [1.807, 2.05) is 19.1 Å². The molecule has 0 radical (unpaired) electrons. The summed E-state index contributed by atoms with van der Waals surface area (Å²) in [6, 6.07) is 13.7. The summed E-state index contributed by atoms with van der Waals surface area (Å²) in [5, 5.41) is 10.1. The van der Waals surface area contributed by atoms with Crippen molar-refractivity contribution in [2.75, 3.05) is 11.9 Å². The molecule has 1 aliphatic heterocycles. The second-order valence-corrected chi connectivity index (χ2v) is 10.3. The van der Waals surface area contributed by atoms with Crippen molar-refractivity contribution in [3.05, 3.63) is 76.1 Å². The quantitative estimate of drug-likeness (QED) is 0.267. The monoisotopic (exact) mass is 549 g/mol. The highest BCUT2D eigenvalue weighted by Crippen LogP contribution is 2.33. The number of hydrogen-bond acceptors (Lipinski definition) is 7. The summed E-state index contributed by atoms with van der Waals surface area (Å²) in [4.78, 5) is 21.3. The summed E-state index contributed by atoms with van der Waals surface area (Å²) < 4.78 is 20.0. The van der Waals surface area contributed by atoms with Gasteiger partial charge in [-0.3, -0.25) is 4.79 Å². The van der Waals surface area contributed by atoms with Gasteiger partial charge in [-0.15, -0.1) is 11.3 Å². The lowest BCUT2D eigenvalue weighted by Crippen LogP contribution is -2.35. The van der Waals surface area contributed by atoms with Gasteiger partial charge in [0.05, 0.1) is 26.2 Å². The Balaban J connectivity index is 1.25. The lowest BCUT2D eigenvalue weighted by atomic mass is 10.1. The number of rotatable bonds is 7. The minimum absolute atomic E-state index is 0.0230. The van der Waals surface area contributed by atoms with Gasteiger partial charge in [0, 0.05) is 24.7 Å². The summed E-state index contributed by atoms with van der Waals surface area (Å²) in [7, 11) is 0. The fourth-order valence-corrected chi connectivity index (χ4v) is 5.22. The number of anilines is 2. The Labute approximate surface area is 228 Å². The third kappa shape index (κ3) is 6.40. The van der Waals surface area contributed by atoms with E-state index >= 15 is 0 Å². The van der Waals surface area contributed by atoms with Crippen LogP contribution in [0.4, 0.5) is 15.9 Å². The molecule has 1 saturated heterocycles. The van der Waals surface area contributed by atoms with Crippen LogP contribution in [-0.4, -0.2) is 34.5 Å². The number of carbonyl (C=O) groups is 1. The van der Waals surface area contributed by atoms with E-state index < -0.39 is 0 Å². The Morgan fingerprint density at radius 2 is 2.16 bits per heavy atom. The zero-order chi connectivity index (χ0) is 26.5. The lowest BCUT2D eigenvalue weighted by Gasteiger charge is -2.11. The fourth-order valence-electron chi connectivity index (χ4n) is 4.07. The molecule has 1 fully saturated rings. The van der Waals surface area contributed by atoms with Gasteiger partial charge < -0.3 is 20.7 Å². The number of hydrogen-bond donors (Lipinski definition) is 3. The van der Waals surface area contributed by atoms with Crippen molar-refractivity contribution in [2.24, 2.45) is 0 Å². The average molecular weight is 550 g/mol. The summed E-state index contributed by atoms with van der Waals surface area (Å²) in [6.07, 6.45) is 2.76. The number of aromatic nitrogens is 2. The van der Waals surface area contributed by atoms with Crippen LogP contribution in [0.3, 0.4) is 0 Å². The van der Waals surface area contributed by atoms with E-state index in [0.29, 0.717) is 29.6 Å². The number of nitrogens with zero attached hydrogens (tertiary/aromatic N) is 2. The van der Waals surface area contributed by atoms with Crippen LogP contribution in [0.5, 0.6) is 5.75 Å². The number of amides is 1. The minimum atomic E-state index is -0.308. The van der Waals surface area contributed by atoms with Crippen molar-refractivity contribution in [1.82, 2.24) is 20.6 Å². The molecule has 3 N–H and O–H groups in total. The minimum Gasteiger partial charge on any atom is -0.487 e. The third-order valence-corrected chi connectivity index (χ3v) is 7.32. The molecule has 38 heavy (non-hydrogen) atoms. The molecule has 2 atom stereocenters. The Morgan fingerprint density at radius 3 is 2.97 bits per heavy atom. The van der Waals surface area contributed by atoms with E-state index in [1.54, 1.807) is 24.3 Å². The largest absolute Gasteiger partial charge is 0.487 e. The second-order valence-electron chi connectivity index (χ2n) is 8.82. The van der Waals surface area contributed by atoms with Crippen molar-refractivity contribution >= 4 is 50.6 Å². The molecule has 1 aliphatic rings. The molecule has 10 heteroatoms. The van der Waals surface area contributed by atoms with Gasteiger partial charge in [0.15, 0.2) is 5.82 Å². The van der Waals surface area contributed by atoms with Crippen LogP contribution in [0.1, 0.15) is 30.2 Å². The molecular weight excluding hydrogens is 525 g/mol. The Kier molecular flexibility index (Phi) is 8.03. The zero-order valence-corrected chi connectivity index (χ0v) is 22.1. The van der Waals surface area contributed by atoms with Crippen LogP contribution in [0, 0.1) is 17.7 Å². The highest BCUT2D eigenvalue weighted by molar-refractivity contribution is 7.20. The van der Waals surface area contributed by atoms with Crippen molar-refractivity contribution < 1.29 is 13.9 Å². The number of halogens is 2. The fraction of sp³-hybridized carbons (Fsp3) is 0.250. The normalized spacial score (nSPS) is 16.6. The van der Waals surface area contributed by atoms with Crippen molar-refractivity contribution in [3.8, 4) is 17.6 Å². The standard InChI is InChI=1S/C28H25ClFN5O2S/c1-2-26(36)34-21-11-19(31-14-21)6-8-22-13-24-27(38-22)28(33-16-32-24)35-20-7-9-25(23(29)12-20)37-15-17-4-3-5-18(30)10-17/h3-5,7,9-10,12-13,16,19,21,31H,2,11,14-15H2,1H3,(H,34,36)(H,32,33,35)/t19-,21+/m0/s1. The molecule has 0 bridgehead atoms. The van der Waals surface area contributed by atoms with E-state index in [1.165, 1.54) is 29.8 Å². The van der Waals surface area contributed by atoms with E-state index in [-0.39, 0.29) is 30.4 Å². The molecule has 2 aromatic carbocycles. The molecule has 4 aromatic rings. The smallest absolute Gasteiger partial charge is 0.219 e.